The van der Waals surface area contributed by atoms with E-state index in [4.69, 9.17) is 24.0 Å². The van der Waals surface area contributed by atoms with Crippen LogP contribution in [0, 0.1) is 0 Å². The van der Waals surface area contributed by atoms with Crippen LogP contribution < -0.4 is 10.6 Å². The third kappa shape index (κ3) is 11.6. The fourth-order valence-corrected chi connectivity index (χ4v) is 1.77. The number of anilines is 2. The number of hydrogen-bond acceptors (Lipinski definition) is 7. The molecule has 1 rings (SSSR count). The maximum absolute atomic E-state index is 11.6. The van der Waals surface area contributed by atoms with Crippen LogP contribution in [0.3, 0.4) is 0 Å². The molecule has 1 aromatic rings. The van der Waals surface area contributed by atoms with Crippen LogP contribution in [0.5, 0.6) is 0 Å². The van der Waals surface area contributed by atoms with E-state index in [-0.39, 0.29) is 25.5 Å². The molecule has 148 valence electrons. The first-order valence-corrected chi connectivity index (χ1v) is 8.72. The second-order valence-corrected chi connectivity index (χ2v) is 5.94. The van der Waals surface area contributed by atoms with Crippen molar-refractivity contribution in [3.63, 3.8) is 0 Å². The molecule has 26 heavy (non-hydrogen) atoms. The minimum absolute atomic E-state index is 0.115. The summed E-state index contributed by atoms with van der Waals surface area (Å²) >= 11 is 0. The third-order valence-electron chi connectivity index (χ3n) is 2.94. The lowest BCUT2D eigenvalue weighted by Gasteiger charge is -2.11. The van der Waals surface area contributed by atoms with E-state index in [0.717, 1.165) is 5.69 Å². The molecule has 8 heteroatoms. The fraction of sp³-hybridized carbons (Fsp3) is 0.611. The lowest BCUT2D eigenvalue weighted by Crippen LogP contribution is -2.18. The molecule has 0 fully saturated rings. The number of carbonyl (C=O) groups is 1. The molecule has 1 amide bonds. The van der Waals surface area contributed by atoms with Crippen LogP contribution in [0.15, 0.2) is 24.3 Å². The Labute approximate surface area is 155 Å². The van der Waals surface area contributed by atoms with E-state index in [1.807, 2.05) is 39.8 Å². The smallest absolute Gasteiger partial charge is 0.411 e. The minimum atomic E-state index is -0.515. The Kier molecular flexibility index (Phi) is 11.4. The number of benzene rings is 1. The number of amides is 1. The van der Waals surface area contributed by atoms with Crippen LogP contribution in [0.25, 0.3) is 0 Å². The summed E-state index contributed by atoms with van der Waals surface area (Å²) in [7, 11) is 0. The van der Waals surface area contributed by atoms with Gasteiger partial charge in [0.25, 0.3) is 0 Å². The van der Waals surface area contributed by atoms with Gasteiger partial charge in [-0.05, 0) is 52.0 Å². The molecule has 2 N–H and O–H groups in total. The van der Waals surface area contributed by atoms with E-state index in [0.29, 0.717) is 25.5 Å². The van der Waals surface area contributed by atoms with Gasteiger partial charge in [-0.25, -0.2) is 14.6 Å². The summed E-state index contributed by atoms with van der Waals surface area (Å²) < 4.78 is 15.6. The SMILES string of the molecule is CC(C)OCCOOCNc1ccc(NC(=O)OCCOC(C)C)cc1. The second-order valence-electron chi connectivity index (χ2n) is 5.94. The van der Waals surface area contributed by atoms with Crippen molar-refractivity contribution in [1.29, 1.82) is 0 Å². The van der Waals surface area contributed by atoms with Gasteiger partial charge in [0.2, 0.25) is 0 Å². The van der Waals surface area contributed by atoms with Gasteiger partial charge in [0.15, 0.2) is 6.73 Å². The number of rotatable bonds is 13. The molecule has 0 bridgehead atoms. The Hall–Kier alpha value is -1.87. The number of carbonyl (C=O) groups excluding carboxylic acids is 1. The molecule has 0 aliphatic heterocycles. The Morgan fingerprint density at radius 3 is 2.04 bits per heavy atom. The highest BCUT2D eigenvalue weighted by atomic mass is 17.2. The first-order chi connectivity index (χ1) is 12.5. The quantitative estimate of drug-likeness (QED) is 0.238. The van der Waals surface area contributed by atoms with E-state index in [1.54, 1.807) is 12.1 Å². The molecule has 0 saturated carbocycles. The lowest BCUT2D eigenvalue weighted by molar-refractivity contribution is -0.295. The molecule has 1 aromatic carbocycles. The van der Waals surface area contributed by atoms with Gasteiger partial charge in [-0.2, -0.15) is 0 Å². The zero-order valence-corrected chi connectivity index (χ0v) is 15.9. The first-order valence-electron chi connectivity index (χ1n) is 8.72. The first kappa shape index (κ1) is 22.2. The predicted molar refractivity (Wildman–Crippen MR) is 99.1 cm³/mol. The standard InChI is InChI=1S/C18H30N2O6/c1-14(2)22-9-10-24-18(21)20-17-7-5-16(6-8-17)19-13-26-25-12-11-23-15(3)4/h5-8,14-15,19H,9-13H2,1-4H3,(H,20,21). The minimum Gasteiger partial charge on any atom is -0.447 e. The highest BCUT2D eigenvalue weighted by Gasteiger charge is 2.03. The summed E-state index contributed by atoms with van der Waals surface area (Å²) in [6.07, 6.45) is -0.225. The van der Waals surface area contributed by atoms with Gasteiger partial charge < -0.3 is 19.5 Å². The summed E-state index contributed by atoms with van der Waals surface area (Å²) in [5.74, 6) is 0. The highest BCUT2D eigenvalue weighted by Crippen LogP contribution is 2.13. The highest BCUT2D eigenvalue weighted by molar-refractivity contribution is 5.84. The van der Waals surface area contributed by atoms with Gasteiger partial charge in [-0.15, -0.1) is 0 Å². The summed E-state index contributed by atoms with van der Waals surface area (Å²) in [5, 5.41) is 5.67. The van der Waals surface area contributed by atoms with E-state index in [9.17, 15) is 4.79 Å². The molecule has 0 saturated heterocycles. The maximum Gasteiger partial charge on any atom is 0.411 e. The number of nitrogens with one attached hydrogen (secondary N) is 2. The van der Waals surface area contributed by atoms with Gasteiger partial charge in [0.1, 0.15) is 13.2 Å². The molecular weight excluding hydrogens is 340 g/mol. The van der Waals surface area contributed by atoms with Crippen molar-refractivity contribution in [2.24, 2.45) is 0 Å². The third-order valence-corrected chi connectivity index (χ3v) is 2.94. The van der Waals surface area contributed by atoms with E-state index < -0.39 is 6.09 Å². The topological polar surface area (TPSA) is 87.3 Å². The van der Waals surface area contributed by atoms with Crippen molar-refractivity contribution in [2.45, 2.75) is 39.9 Å². The summed E-state index contributed by atoms with van der Waals surface area (Å²) in [6.45, 7) is 9.41. The largest absolute Gasteiger partial charge is 0.447 e. The van der Waals surface area contributed by atoms with Crippen LogP contribution in [0.2, 0.25) is 0 Å². The molecular formula is C18H30N2O6. The zero-order chi connectivity index (χ0) is 19.2. The zero-order valence-electron chi connectivity index (χ0n) is 15.9. The van der Waals surface area contributed by atoms with Gasteiger partial charge >= 0.3 is 6.09 Å². The fourth-order valence-electron chi connectivity index (χ4n) is 1.77. The summed E-state index contributed by atoms with van der Waals surface area (Å²) in [5.41, 5.74) is 1.46. The van der Waals surface area contributed by atoms with Crippen molar-refractivity contribution in [1.82, 2.24) is 0 Å². The van der Waals surface area contributed by atoms with E-state index >= 15 is 0 Å². The normalized spacial score (nSPS) is 11.0. The Bertz CT molecular complexity index is 493. The van der Waals surface area contributed by atoms with Gasteiger partial charge in [0, 0.05) is 11.4 Å². The molecule has 0 aromatic heterocycles. The van der Waals surface area contributed by atoms with Crippen molar-refractivity contribution in [3.05, 3.63) is 24.3 Å². The maximum atomic E-state index is 11.6. The van der Waals surface area contributed by atoms with Gasteiger partial charge in [-0.3, -0.25) is 5.32 Å². The Morgan fingerprint density at radius 1 is 0.846 bits per heavy atom. The van der Waals surface area contributed by atoms with Crippen LogP contribution in [-0.2, 0) is 24.0 Å². The average Bonchev–Trinajstić information content (AvgIpc) is 2.59. The van der Waals surface area contributed by atoms with Crippen LogP contribution >= 0.6 is 0 Å². The molecule has 8 nitrogen and oxygen atoms in total. The van der Waals surface area contributed by atoms with E-state index in [2.05, 4.69) is 10.6 Å². The van der Waals surface area contributed by atoms with Crippen molar-refractivity contribution < 1.29 is 28.8 Å². The van der Waals surface area contributed by atoms with Crippen LogP contribution in [-0.4, -0.2) is 51.5 Å². The van der Waals surface area contributed by atoms with Crippen molar-refractivity contribution >= 4 is 17.5 Å². The Morgan fingerprint density at radius 2 is 1.42 bits per heavy atom. The van der Waals surface area contributed by atoms with Crippen molar-refractivity contribution in [3.8, 4) is 0 Å². The number of hydrogen-bond donors (Lipinski definition) is 2. The molecule has 0 heterocycles. The average molecular weight is 370 g/mol. The molecule has 0 aliphatic carbocycles. The van der Waals surface area contributed by atoms with Crippen LogP contribution in [0.4, 0.5) is 16.2 Å². The second kappa shape index (κ2) is 13.3. The monoisotopic (exact) mass is 370 g/mol. The van der Waals surface area contributed by atoms with Crippen molar-refractivity contribution in [2.75, 3.05) is 43.8 Å². The van der Waals surface area contributed by atoms with E-state index in [1.165, 1.54) is 0 Å². The lowest BCUT2D eigenvalue weighted by atomic mass is 10.3. The molecule has 0 spiro atoms. The van der Waals surface area contributed by atoms with Gasteiger partial charge in [0.05, 0.1) is 25.4 Å². The molecule has 0 unspecified atom stereocenters. The summed E-state index contributed by atoms with van der Waals surface area (Å²) in [4.78, 5) is 21.6. The predicted octanol–water partition coefficient (Wildman–Crippen LogP) is 3.40. The molecule has 0 atom stereocenters. The van der Waals surface area contributed by atoms with Crippen LogP contribution in [0.1, 0.15) is 27.7 Å². The molecule has 0 radical (unpaired) electrons. The number of ether oxygens (including phenoxy) is 3. The molecule has 0 aliphatic rings. The Balaban J connectivity index is 2.13. The van der Waals surface area contributed by atoms with Gasteiger partial charge in [-0.1, -0.05) is 0 Å². The summed E-state index contributed by atoms with van der Waals surface area (Å²) in [6, 6.07) is 7.13.